The van der Waals surface area contributed by atoms with Crippen molar-refractivity contribution in [2.45, 2.75) is 37.5 Å². The number of fused-ring (bicyclic) bond motifs is 1. The fraction of sp³-hybridized carbons (Fsp3) is 0.409. The zero-order chi connectivity index (χ0) is 23.8. The summed E-state index contributed by atoms with van der Waals surface area (Å²) in [7, 11) is 4.65. The normalized spacial score (nSPS) is 22.2. The van der Waals surface area contributed by atoms with E-state index in [1.54, 1.807) is 26.1 Å². The second-order valence-electron chi connectivity index (χ2n) is 7.96. The molecule has 1 aliphatic rings. The van der Waals surface area contributed by atoms with E-state index in [-0.39, 0.29) is 12.4 Å². The van der Waals surface area contributed by atoms with Gasteiger partial charge in [0.1, 0.15) is 17.7 Å². The van der Waals surface area contributed by atoms with Crippen molar-refractivity contribution in [1.82, 2.24) is 20.2 Å². The second kappa shape index (κ2) is 9.34. The van der Waals surface area contributed by atoms with Gasteiger partial charge in [-0.15, -0.1) is 10.2 Å². The Hall–Kier alpha value is -2.60. The zero-order valence-corrected chi connectivity index (χ0v) is 20.2. The van der Waals surface area contributed by atoms with Gasteiger partial charge in [-0.2, -0.15) is 4.80 Å². The minimum Gasteiger partial charge on any atom is -0.479 e. The molecule has 11 heteroatoms. The van der Waals surface area contributed by atoms with Crippen LogP contribution in [0.3, 0.4) is 0 Å². The Morgan fingerprint density at radius 2 is 1.94 bits per heavy atom. The van der Waals surface area contributed by atoms with Gasteiger partial charge in [0.2, 0.25) is 0 Å². The van der Waals surface area contributed by atoms with E-state index in [2.05, 4.69) is 31.3 Å². The van der Waals surface area contributed by atoms with Crippen molar-refractivity contribution < 1.29 is 23.7 Å². The smallest absolute Gasteiger partial charge is 0.199 e. The largest absolute Gasteiger partial charge is 0.479 e. The molecule has 2 heterocycles. The molecule has 0 fully saturated rings. The van der Waals surface area contributed by atoms with Crippen LogP contribution in [0.1, 0.15) is 24.4 Å². The van der Waals surface area contributed by atoms with E-state index in [0.717, 1.165) is 10.0 Å². The molecule has 0 spiro atoms. The Kier molecular flexibility index (Phi) is 6.66. The number of aliphatic hydroxyl groups is 1. The molecule has 9 nitrogen and oxygen atoms in total. The van der Waals surface area contributed by atoms with E-state index in [1.807, 2.05) is 23.1 Å². The highest BCUT2D eigenvalue weighted by Crippen LogP contribution is 2.47. The lowest BCUT2D eigenvalue weighted by atomic mass is 9.83. The summed E-state index contributed by atoms with van der Waals surface area (Å²) in [5.41, 5.74) is 0.131. The Morgan fingerprint density at radius 1 is 1.24 bits per heavy atom. The van der Waals surface area contributed by atoms with Gasteiger partial charge in [-0.1, -0.05) is 15.9 Å². The average molecular weight is 522 g/mol. The first-order valence-corrected chi connectivity index (χ1v) is 11.0. The predicted octanol–water partition coefficient (Wildman–Crippen LogP) is 2.99. The summed E-state index contributed by atoms with van der Waals surface area (Å²) in [6.07, 6.45) is -1.98. The van der Waals surface area contributed by atoms with Gasteiger partial charge < -0.3 is 24.2 Å². The molecule has 1 N–H and O–H groups in total. The van der Waals surface area contributed by atoms with E-state index in [1.165, 1.54) is 31.1 Å². The Labute approximate surface area is 199 Å². The Bertz CT molecular complexity index is 1110. The molecule has 1 aromatic heterocycles. The summed E-state index contributed by atoms with van der Waals surface area (Å²) in [5.74, 6) is 0.638. The van der Waals surface area contributed by atoms with Gasteiger partial charge in [0, 0.05) is 29.9 Å². The van der Waals surface area contributed by atoms with Crippen molar-refractivity contribution >= 4 is 21.6 Å². The number of anilines is 1. The molecule has 3 atom stereocenters. The predicted molar refractivity (Wildman–Crippen MR) is 121 cm³/mol. The van der Waals surface area contributed by atoms with Crippen molar-refractivity contribution in [3.8, 4) is 5.75 Å². The third-order valence-corrected chi connectivity index (χ3v) is 6.25. The number of ether oxygens (including phenoxy) is 3. The van der Waals surface area contributed by atoms with Gasteiger partial charge in [-0.25, -0.2) is 4.39 Å². The molecular formula is C22H25BrFN5O4. The summed E-state index contributed by atoms with van der Waals surface area (Å²) < 4.78 is 31.8. The van der Waals surface area contributed by atoms with Crippen LogP contribution in [0.25, 0.3) is 0 Å². The number of benzene rings is 2. The maximum atomic E-state index is 13.7. The van der Waals surface area contributed by atoms with Gasteiger partial charge in [-0.05, 0) is 54.6 Å². The first-order valence-electron chi connectivity index (χ1n) is 10.2. The molecule has 0 radical (unpaired) electrons. The summed E-state index contributed by atoms with van der Waals surface area (Å²) in [5, 5.41) is 24.1. The molecule has 2 aromatic carbocycles. The van der Waals surface area contributed by atoms with E-state index in [4.69, 9.17) is 14.2 Å². The molecule has 33 heavy (non-hydrogen) atoms. The fourth-order valence-corrected chi connectivity index (χ4v) is 4.61. The summed E-state index contributed by atoms with van der Waals surface area (Å²) in [4.78, 5) is 3.26. The quantitative estimate of drug-likeness (QED) is 0.474. The molecule has 0 saturated carbocycles. The lowest BCUT2D eigenvalue weighted by Crippen LogP contribution is -2.62. The lowest BCUT2D eigenvalue weighted by molar-refractivity contribution is -0.237. The van der Waals surface area contributed by atoms with Gasteiger partial charge in [0.15, 0.2) is 17.7 Å². The average Bonchev–Trinajstić information content (AvgIpc) is 3.20. The summed E-state index contributed by atoms with van der Waals surface area (Å²) in [6, 6.07) is 11.0. The first-order chi connectivity index (χ1) is 15.8. The van der Waals surface area contributed by atoms with Gasteiger partial charge >= 0.3 is 0 Å². The first kappa shape index (κ1) is 23.6. The van der Waals surface area contributed by atoms with Crippen LogP contribution in [-0.2, 0) is 23.1 Å². The van der Waals surface area contributed by atoms with Crippen LogP contribution in [0.2, 0.25) is 0 Å². The van der Waals surface area contributed by atoms with E-state index < -0.39 is 24.0 Å². The number of methoxy groups -OCH3 is 2. The minimum absolute atomic E-state index is 0.202. The van der Waals surface area contributed by atoms with Gasteiger partial charge in [-0.3, -0.25) is 0 Å². The molecule has 3 aromatic rings. The van der Waals surface area contributed by atoms with E-state index >= 15 is 0 Å². The second-order valence-corrected chi connectivity index (χ2v) is 8.88. The van der Waals surface area contributed by atoms with Crippen molar-refractivity contribution in [3.05, 3.63) is 64.1 Å². The highest BCUT2D eigenvalue weighted by molar-refractivity contribution is 9.10. The maximum Gasteiger partial charge on any atom is 0.199 e. The Morgan fingerprint density at radius 3 is 2.55 bits per heavy atom. The number of aryl methyl sites for hydroxylation is 1. The molecule has 0 bridgehead atoms. The number of rotatable bonds is 7. The summed E-state index contributed by atoms with van der Waals surface area (Å²) in [6.45, 7) is 1.94. The number of hydrogen-bond acceptors (Lipinski definition) is 8. The monoisotopic (exact) mass is 521 g/mol. The Balaban J connectivity index is 1.89. The highest BCUT2D eigenvalue weighted by atomic mass is 79.9. The maximum absolute atomic E-state index is 13.7. The number of aromatic nitrogens is 4. The molecule has 0 amide bonds. The van der Waals surface area contributed by atoms with Crippen LogP contribution in [0.5, 0.6) is 5.75 Å². The fourth-order valence-electron chi connectivity index (χ4n) is 4.24. The van der Waals surface area contributed by atoms with Gasteiger partial charge in [0.05, 0.1) is 19.6 Å². The molecule has 4 rings (SSSR count). The van der Waals surface area contributed by atoms with Crippen molar-refractivity contribution in [1.29, 1.82) is 0 Å². The lowest BCUT2D eigenvalue weighted by Gasteiger charge is -2.49. The van der Waals surface area contributed by atoms with E-state index in [9.17, 15) is 9.50 Å². The molecule has 0 unspecified atom stereocenters. The van der Waals surface area contributed by atoms with Crippen LogP contribution >= 0.6 is 15.9 Å². The van der Waals surface area contributed by atoms with E-state index in [0.29, 0.717) is 17.3 Å². The van der Waals surface area contributed by atoms with Crippen molar-refractivity contribution in [2.24, 2.45) is 7.05 Å². The SMILES string of the molecule is COC(OC)[C@]1(C)Oc2ccc(Br)cc2[C@H](N(Cc2nnn(C)n2)c2ccc(F)cc2)[C@H]1O. The molecule has 176 valence electrons. The molecule has 0 aliphatic carbocycles. The zero-order valence-electron chi connectivity index (χ0n) is 18.6. The number of aliphatic hydroxyl groups excluding tert-OH is 1. The van der Waals surface area contributed by atoms with Gasteiger partial charge in [0.25, 0.3) is 0 Å². The van der Waals surface area contributed by atoms with Crippen LogP contribution < -0.4 is 9.64 Å². The van der Waals surface area contributed by atoms with Crippen LogP contribution in [0.4, 0.5) is 10.1 Å². The standard InChI is InChI=1S/C22H25BrFN5O4/c1-22(21(31-3)32-4)20(30)19(16-11-13(23)5-10-17(16)33-22)29(12-18-25-27-28(2)26-18)15-8-6-14(24)7-9-15/h5-11,19-21,30H,12H2,1-4H3/t19-,20+,22+/m0/s1. The number of hydrogen-bond donors (Lipinski definition) is 1. The van der Waals surface area contributed by atoms with Crippen molar-refractivity contribution in [3.63, 3.8) is 0 Å². The molecule has 1 aliphatic heterocycles. The van der Waals surface area contributed by atoms with Crippen LogP contribution in [-0.4, -0.2) is 57.5 Å². The molecular weight excluding hydrogens is 497 g/mol. The summed E-state index contributed by atoms with van der Waals surface area (Å²) >= 11 is 3.52. The number of tetrazole rings is 1. The third kappa shape index (κ3) is 4.45. The minimum atomic E-state index is -1.26. The number of halogens is 2. The van der Waals surface area contributed by atoms with Crippen molar-refractivity contribution in [2.75, 3.05) is 19.1 Å². The number of nitrogens with zero attached hydrogens (tertiary/aromatic N) is 5. The van der Waals surface area contributed by atoms with Crippen LogP contribution in [0, 0.1) is 5.82 Å². The third-order valence-electron chi connectivity index (χ3n) is 5.76. The van der Waals surface area contributed by atoms with Crippen LogP contribution in [0.15, 0.2) is 46.9 Å². The molecule has 0 saturated heterocycles. The highest BCUT2D eigenvalue weighted by Gasteiger charge is 2.54. The topological polar surface area (TPSA) is 94.8 Å².